The number of nitrogens with zero attached hydrogens (tertiary/aromatic N) is 2. The molecule has 3 heterocycles. The van der Waals surface area contributed by atoms with Crippen LogP contribution in [-0.2, 0) is 60.1 Å². The van der Waals surface area contributed by atoms with Crippen LogP contribution in [0.2, 0.25) is 0 Å². The zero-order valence-corrected chi connectivity index (χ0v) is 35.1. The van der Waals surface area contributed by atoms with E-state index in [-0.39, 0.29) is 44.7 Å². The molecule has 4 fully saturated rings. The third-order valence-electron chi connectivity index (χ3n) is 11.4. The van der Waals surface area contributed by atoms with Crippen molar-refractivity contribution in [3.05, 3.63) is 113 Å². The number of hydroxylamine groups is 2. The Balaban J connectivity index is 1.14. The van der Waals surface area contributed by atoms with Crippen LogP contribution in [0.1, 0.15) is 68.7 Å². The molecule has 0 radical (unpaired) electrons. The molecular formula is C46H54N4O11. The van der Waals surface area contributed by atoms with Crippen LogP contribution < -0.4 is 10.6 Å². The van der Waals surface area contributed by atoms with Crippen LogP contribution in [0.15, 0.2) is 91.0 Å². The summed E-state index contributed by atoms with van der Waals surface area (Å²) in [6, 6.07) is 24.4. The van der Waals surface area contributed by atoms with E-state index in [4.69, 9.17) is 23.8 Å². The summed E-state index contributed by atoms with van der Waals surface area (Å²) < 4.78 is 25.4. The molecule has 1 saturated carbocycles. The number of amides is 3. The van der Waals surface area contributed by atoms with Crippen molar-refractivity contribution in [2.75, 3.05) is 27.2 Å². The van der Waals surface area contributed by atoms with Crippen LogP contribution in [0.25, 0.3) is 6.08 Å². The molecule has 7 rings (SSSR count). The summed E-state index contributed by atoms with van der Waals surface area (Å²) in [6.45, 7) is 4.90. The predicted molar refractivity (Wildman–Crippen MR) is 220 cm³/mol. The van der Waals surface area contributed by atoms with Gasteiger partial charge in [-0.3, -0.25) is 28.8 Å². The van der Waals surface area contributed by atoms with E-state index < -0.39 is 83.7 Å². The van der Waals surface area contributed by atoms with Crippen molar-refractivity contribution in [2.24, 2.45) is 5.41 Å². The van der Waals surface area contributed by atoms with E-state index in [1.807, 2.05) is 84.9 Å². The van der Waals surface area contributed by atoms with Gasteiger partial charge in [0.05, 0.1) is 19.2 Å². The van der Waals surface area contributed by atoms with Crippen LogP contribution in [0.3, 0.4) is 0 Å². The maximum Gasteiger partial charge on any atom is 0.327 e. The Morgan fingerprint density at radius 3 is 2.18 bits per heavy atom. The van der Waals surface area contributed by atoms with Crippen molar-refractivity contribution in [3.8, 4) is 0 Å². The van der Waals surface area contributed by atoms with E-state index in [1.165, 1.54) is 16.0 Å². The number of aliphatic hydroxyl groups is 1. The molecule has 1 aliphatic carbocycles. The van der Waals surface area contributed by atoms with Crippen molar-refractivity contribution in [1.82, 2.24) is 20.6 Å². The maximum atomic E-state index is 14.8. The smallest absolute Gasteiger partial charge is 0.327 e. The van der Waals surface area contributed by atoms with Crippen LogP contribution in [0.5, 0.6) is 0 Å². The molecule has 3 aliphatic heterocycles. The monoisotopic (exact) mass is 838 g/mol. The molecule has 4 aliphatic rings. The number of esters is 2. The fourth-order valence-corrected chi connectivity index (χ4v) is 8.57. The quantitative estimate of drug-likeness (QED) is 0.150. The molecule has 61 heavy (non-hydrogen) atoms. The number of carbonyl (C=O) groups excluding carboxylic acids is 5. The average Bonchev–Trinajstić information content (AvgIpc) is 3.82. The molecule has 324 valence electrons. The molecule has 3 amide bonds. The van der Waals surface area contributed by atoms with Crippen molar-refractivity contribution in [3.63, 3.8) is 0 Å². The highest BCUT2D eigenvalue weighted by Crippen LogP contribution is 2.59. The van der Waals surface area contributed by atoms with Gasteiger partial charge in [0, 0.05) is 57.1 Å². The number of rotatable bonds is 15. The fraction of sp³-hybridized carbons (Fsp3) is 0.457. The molecular weight excluding hydrogens is 785 g/mol. The van der Waals surface area contributed by atoms with Crippen molar-refractivity contribution < 1.29 is 52.9 Å². The number of fused-ring (bicyclic) bond motifs is 4. The Hall–Kier alpha value is -5.45. The second-order valence-electron chi connectivity index (χ2n) is 17.1. The average molecular weight is 839 g/mol. The molecule has 3 N–H and O–H groups in total. The SMILES string of the molecule is CN(C)C(=O)C=Cc1ccc(CN2OC3C4OC(c5ccccc5)(c5ccccc5)OC4C4CC3(C(=O)NCCC(=O)NC(CO)CCC(=O)OC(C)(C)C)C2C(=O)O4)cc1. The minimum atomic E-state index is -1.51. The normalized spacial score (nSPS) is 25.6. The first-order chi connectivity index (χ1) is 29.1. The van der Waals surface area contributed by atoms with E-state index in [2.05, 4.69) is 10.6 Å². The van der Waals surface area contributed by atoms with Crippen molar-refractivity contribution in [2.45, 2.75) is 101 Å². The van der Waals surface area contributed by atoms with E-state index in [0.717, 1.165) is 11.1 Å². The predicted octanol–water partition coefficient (Wildman–Crippen LogP) is 3.38. The zero-order chi connectivity index (χ0) is 43.5. The molecule has 15 heteroatoms. The second kappa shape index (κ2) is 17.9. The molecule has 3 aromatic rings. The standard InChI is InChI=1S/C46H54N4O11/c1-44(2,3)58-37(54)23-21-33(28-51)48-35(52)24-25-47-43(56)45-26-34-38-39(60-46(59-38,31-12-8-6-9-13-31)32-14-10-7-11-15-32)41(45)61-50(40(45)42(55)57-34)27-30-18-16-29(17-19-30)20-22-36(53)49(4)5/h6-20,22,33-34,38-41,51H,21,23-28H2,1-5H3,(H,47,56)(H,48,52). The van der Waals surface area contributed by atoms with Crippen LogP contribution in [0, 0.1) is 5.41 Å². The number of ether oxygens (including phenoxy) is 4. The summed E-state index contributed by atoms with van der Waals surface area (Å²) in [7, 11) is 3.35. The lowest BCUT2D eigenvalue weighted by Gasteiger charge is -2.48. The van der Waals surface area contributed by atoms with Gasteiger partial charge >= 0.3 is 11.9 Å². The molecule has 0 spiro atoms. The highest BCUT2D eigenvalue weighted by molar-refractivity contribution is 5.94. The Morgan fingerprint density at radius 1 is 0.934 bits per heavy atom. The number of likely N-dealkylation sites (N-methyl/N-ethyl adjacent to an activating group) is 1. The second-order valence-corrected chi connectivity index (χ2v) is 17.1. The van der Waals surface area contributed by atoms with Crippen LogP contribution >= 0.6 is 0 Å². The molecule has 2 bridgehead atoms. The van der Waals surface area contributed by atoms with Crippen LogP contribution in [0.4, 0.5) is 0 Å². The Bertz CT molecular complexity index is 2070. The van der Waals surface area contributed by atoms with Gasteiger partial charge in [0.1, 0.15) is 35.4 Å². The first-order valence-corrected chi connectivity index (χ1v) is 20.6. The molecule has 7 atom stereocenters. The summed E-state index contributed by atoms with van der Waals surface area (Å²) in [5.74, 6) is -3.62. The van der Waals surface area contributed by atoms with Crippen molar-refractivity contribution >= 4 is 35.7 Å². The zero-order valence-electron chi connectivity index (χ0n) is 35.1. The van der Waals surface area contributed by atoms with E-state index in [0.29, 0.717) is 11.1 Å². The van der Waals surface area contributed by atoms with E-state index in [1.54, 1.807) is 40.9 Å². The minimum absolute atomic E-state index is 0.00132. The highest BCUT2D eigenvalue weighted by Gasteiger charge is 2.76. The van der Waals surface area contributed by atoms with E-state index in [9.17, 15) is 29.1 Å². The van der Waals surface area contributed by atoms with E-state index >= 15 is 0 Å². The van der Waals surface area contributed by atoms with Crippen LogP contribution in [-0.4, -0.2) is 114 Å². The summed E-state index contributed by atoms with van der Waals surface area (Å²) in [5.41, 5.74) is 0.805. The van der Waals surface area contributed by atoms with Gasteiger partial charge in [-0.1, -0.05) is 84.9 Å². The fourth-order valence-electron chi connectivity index (χ4n) is 8.57. The first kappa shape index (κ1) is 43.6. The lowest BCUT2D eigenvalue weighted by Crippen LogP contribution is -2.69. The third-order valence-corrected chi connectivity index (χ3v) is 11.4. The lowest BCUT2D eigenvalue weighted by molar-refractivity contribution is -0.213. The third kappa shape index (κ3) is 9.12. The summed E-state index contributed by atoms with van der Waals surface area (Å²) in [5, 5.41) is 17.1. The molecule has 3 saturated heterocycles. The number of carbonyl (C=O) groups is 5. The minimum Gasteiger partial charge on any atom is -0.460 e. The topological polar surface area (TPSA) is 182 Å². The largest absolute Gasteiger partial charge is 0.460 e. The van der Waals surface area contributed by atoms with Gasteiger partial charge in [-0.05, 0) is 44.4 Å². The van der Waals surface area contributed by atoms with Gasteiger partial charge in [-0.2, -0.15) is 5.06 Å². The summed E-state index contributed by atoms with van der Waals surface area (Å²) in [4.78, 5) is 74.7. The molecule has 7 unspecified atom stereocenters. The van der Waals surface area contributed by atoms with Gasteiger partial charge in [-0.15, -0.1) is 0 Å². The number of nitrogens with one attached hydrogen (secondary N) is 2. The van der Waals surface area contributed by atoms with Crippen molar-refractivity contribution in [1.29, 1.82) is 0 Å². The first-order valence-electron chi connectivity index (χ1n) is 20.6. The highest BCUT2D eigenvalue weighted by atomic mass is 16.8. The Labute approximate surface area is 355 Å². The molecule has 3 aromatic carbocycles. The number of hydrogen-bond acceptors (Lipinski definition) is 12. The summed E-state index contributed by atoms with van der Waals surface area (Å²) in [6.07, 6.45) is -0.302. The lowest BCUT2D eigenvalue weighted by atomic mass is 9.62. The number of benzene rings is 3. The van der Waals surface area contributed by atoms with Gasteiger partial charge in [0.2, 0.25) is 23.5 Å². The van der Waals surface area contributed by atoms with Gasteiger partial charge in [-0.25, -0.2) is 0 Å². The number of aliphatic hydroxyl groups excluding tert-OH is 1. The van der Waals surface area contributed by atoms with Gasteiger partial charge in [0.25, 0.3) is 0 Å². The summed E-state index contributed by atoms with van der Waals surface area (Å²) >= 11 is 0. The molecule has 0 aromatic heterocycles. The van der Waals surface area contributed by atoms with Gasteiger partial charge < -0.3 is 39.6 Å². The number of hydrogen-bond donors (Lipinski definition) is 3. The maximum absolute atomic E-state index is 14.8. The molecule has 15 nitrogen and oxygen atoms in total. The Morgan fingerprint density at radius 2 is 1.57 bits per heavy atom. The Kier molecular flexibility index (Phi) is 12.8. The van der Waals surface area contributed by atoms with Gasteiger partial charge in [0.15, 0.2) is 6.04 Å².